The Morgan fingerprint density at radius 1 is 1.50 bits per heavy atom. The van der Waals surface area contributed by atoms with Gasteiger partial charge in [-0.25, -0.2) is 0 Å². The Labute approximate surface area is 90.4 Å². The van der Waals surface area contributed by atoms with E-state index < -0.39 is 22.5 Å². The van der Waals surface area contributed by atoms with Gasteiger partial charge in [0, 0.05) is 0 Å². The number of carbonyl (C=O) groups excluding carboxylic acids is 1. The van der Waals surface area contributed by atoms with E-state index in [1.165, 1.54) is 0 Å². The molecule has 14 heavy (non-hydrogen) atoms. The first-order valence-electron chi connectivity index (χ1n) is 3.89. The minimum Gasteiger partial charge on any atom is -0.612 e. The molecule has 3 nitrogen and oxygen atoms in total. The van der Waals surface area contributed by atoms with E-state index in [0.29, 0.717) is 10.5 Å². The van der Waals surface area contributed by atoms with Crippen molar-refractivity contribution < 1.29 is 9.35 Å². The van der Waals surface area contributed by atoms with E-state index in [4.69, 9.17) is 17.3 Å². The van der Waals surface area contributed by atoms with Crippen LogP contribution in [0.2, 0.25) is 0 Å². The number of alkyl halides is 1. The van der Waals surface area contributed by atoms with Gasteiger partial charge in [-0.3, -0.25) is 4.79 Å². The van der Waals surface area contributed by atoms with E-state index in [0.717, 1.165) is 0 Å². The van der Waals surface area contributed by atoms with E-state index in [-0.39, 0.29) is 0 Å². The first-order chi connectivity index (χ1) is 6.52. The molecule has 76 valence electrons. The second-order valence-corrected chi connectivity index (χ2v) is 4.60. The van der Waals surface area contributed by atoms with E-state index in [9.17, 15) is 9.35 Å². The maximum absolute atomic E-state index is 11.0. The van der Waals surface area contributed by atoms with Gasteiger partial charge in [0.2, 0.25) is 5.91 Å². The predicted octanol–water partition coefficient (Wildman–Crippen LogP) is 1.19. The highest BCUT2D eigenvalue weighted by molar-refractivity contribution is 7.90. The van der Waals surface area contributed by atoms with Crippen molar-refractivity contribution in [2.24, 2.45) is 5.73 Å². The highest BCUT2D eigenvalue weighted by Gasteiger charge is 2.14. The van der Waals surface area contributed by atoms with E-state index >= 15 is 0 Å². The van der Waals surface area contributed by atoms with Gasteiger partial charge in [0.1, 0.15) is 11.6 Å². The molecule has 0 fully saturated rings. The summed E-state index contributed by atoms with van der Waals surface area (Å²) in [5, 5.41) is -0.825. The predicted molar refractivity (Wildman–Crippen MR) is 56.6 cm³/mol. The molecule has 5 heteroatoms. The summed E-state index contributed by atoms with van der Waals surface area (Å²) in [6.07, 6.45) is 1.58. The van der Waals surface area contributed by atoms with Crippen molar-refractivity contribution >= 4 is 28.7 Å². The maximum Gasteiger partial charge on any atom is 0.240 e. The molecule has 0 spiro atoms. The molecular formula is C9H10ClNO2S. The minimum atomic E-state index is -1.02. The molecule has 2 N–H and O–H groups in total. The largest absolute Gasteiger partial charge is 0.612 e. The number of carbonyl (C=O) groups is 1. The molecule has 1 amide bonds. The van der Waals surface area contributed by atoms with Gasteiger partial charge in [0.15, 0.2) is 4.90 Å². The molecule has 0 bridgehead atoms. The summed E-state index contributed by atoms with van der Waals surface area (Å²) in [5.74, 6) is -0.586. The van der Waals surface area contributed by atoms with Gasteiger partial charge in [0.25, 0.3) is 0 Å². The van der Waals surface area contributed by atoms with E-state index in [1.54, 1.807) is 30.5 Å². The van der Waals surface area contributed by atoms with Gasteiger partial charge < -0.3 is 10.3 Å². The van der Waals surface area contributed by atoms with Gasteiger partial charge in [0.05, 0.1) is 0 Å². The topological polar surface area (TPSA) is 66.2 Å². The van der Waals surface area contributed by atoms with Crippen LogP contribution in [0.1, 0.15) is 10.9 Å². The zero-order valence-corrected chi connectivity index (χ0v) is 9.14. The lowest BCUT2D eigenvalue weighted by molar-refractivity contribution is -0.117. The minimum absolute atomic E-state index is 0.586. The Balaban J connectivity index is 2.88. The van der Waals surface area contributed by atoms with Crippen LogP contribution in [0.15, 0.2) is 29.2 Å². The molecule has 0 aliphatic rings. The summed E-state index contributed by atoms with van der Waals surface area (Å²) in [6, 6.07) is 6.64. The van der Waals surface area contributed by atoms with Crippen molar-refractivity contribution in [1.82, 2.24) is 0 Å². The average molecular weight is 232 g/mol. The van der Waals surface area contributed by atoms with Crippen LogP contribution in [0.25, 0.3) is 0 Å². The zero-order chi connectivity index (χ0) is 10.7. The van der Waals surface area contributed by atoms with Crippen molar-refractivity contribution in [1.29, 1.82) is 0 Å². The third kappa shape index (κ3) is 2.64. The Kier molecular flexibility index (Phi) is 3.80. The third-order valence-corrected chi connectivity index (χ3v) is 3.16. The summed E-state index contributed by atoms with van der Waals surface area (Å²) >= 11 is 4.70. The number of nitrogens with two attached hydrogens (primary N) is 1. The number of hydrogen-bond acceptors (Lipinski definition) is 2. The van der Waals surface area contributed by atoms with Crippen LogP contribution in [0, 0.1) is 0 Å². The van der Waals surface area contributed by atoms with Gasteiger partial charge in [-0.15, -0.1) is 11.6 Å². The lowest BCUT2D eigenvalue weighted by atomic mass is 10.1. The number of amides is 1. The van der Waals surface area contributed by atoms with Gasteiger partial charge in [-0.1, -0.05) is 12.1 Å². The highest BCUT2D eigenvalue weighted by atomic mass is 35.5. The summed E-state index contributed by atoms with van der Waals surface area (Å²) < 4.78 is 11.0. The summed E-state index contributed by atoms with van der Waals surface area (Å²) in [5.41, 5.74) is 5.65. The molecule has 0 aliphatic carbocycles. The monoisotopic (exact) mass is 231 g/mol. The SMILES string of the molecule is C[S+]([O-])c1ccc(C(Cl)C(N)=O)cc1. The second-order valence-electron chi connectivity index (χ2n) is 2.79. The van der Waals surface area contributed by atoms with Crippen LogP contribution in [-0.4, -0.2) is 16.7 Å². The number of rotatable bonds is 3. The fourth-order valence-corrected chi connectivity index (χ4v) is 1.66. The maximum atomic E-state index is 11.0. The zero-order valence-electron chi connectivity index (χ0n) is 7.57. The Morgan fingerprint density at radius 3 is 2.36 bits per heavy atom. The molecule has 0 heterocycles. The molecular weight excluding hydrogens is 222 g/mol. The highest BCUT2D eigenvalue weighted by Crippen LogP contribution is 2.21. The molecule has 1 aromatic rings. The molecule has 0 aromatic heterocycles. The fourth-order valence-electron chi connectivity index (χ4n) is 0.993. The number of benzene rings is 1. The summed E-state index contributed by atoms with van der Waals surface area (Å²) in [6.45, 7) is 0. The van der Waals surface area contributed by atoms with E-state index in [1.807, 2.05) is 0 Å². The lowest BCUT2D eigenvalue weighted by Gasteiger charge is -2.07. The quantitative estimate of drug-likeness (QED) is 0.627. The molecule has 0 saturated heterocycles. The first kappa shape index (κ1) is 11.4. The van der Waals surface area contributed by atoms with Crippen molar-refractivity contribution in [3.8, 4) is 0 Å². The smallest absolute Gasteiger partial charge is 0.240 e. The van der Waals surface area contributed by atoms with Crippen molar-refractivity contribution in [3.63, 3.8) is 0 Å². The molecule has 0 aliphatic heterocycles. The van der Waals surface area contributed by atoms with Gasteiger partial charge >= 0.3 is 0 Å². The molecule has 0 radical (unpaired) electrons. The number of hydrogen-bond donors (Lipinski definition) is 1. The molecule has 1 rings (SSSR count). The first-order valence-corrected chi connectivity index (χ1v) is 5.88. The van der Waals surface area contributed by atoms with Crippen LogP contribution >= 0.6 is 11.6 Å². The molecule has 1 aromatic carbocycles. The number of halogens is 1. The summed E-state index contributed by atoms with van der Waals surface area (Å²) in [7, 11) is 0. The number of primary amides is 1. The van der Waals surface area contributed by atoms with Crippen LogP contribution in [0.3, 0.4) is 0 Å². The van der Waals surface area contributed by atoms with Crippen LogP contribution in [-0.2, 0) is 16.0 Å². The van der Waals surface area contributed by atoms with Crippen LogP contribution in [0.5, 0.6) is 0 Å². The Bertz CT molecular complexity index is 326. The Morgan fingerprint density at radius 2 is 2.00 bits per heavy atom. The van der Waals surface area contributed by atoms with Gasteiger partial charge in [-0.2, -0.15) is 0 Å². The standard InChI is InChI=1S/C9H10ClNO2S/c1-14(13)7-4-2-6(3-5-7)8(10)9(11)12/h2-5,8H,1H3,(H2,11,12). The Hall–Kier alpha value is -0.710. The van der Waals surface area contributed by atoms with Crippen molar-refractivity contribution in [2.75, 3.05) is 6.26 Å². The fraction of sp³-hybridized carbons (Fsp3) is 0.222. The normalized spacial score (nSPS) is 14.8. The second kappa shape index (κ2) is 4.68. The van der Waals surface area contributed by atoms with Crippen molar-refractivity contribution in [3.05, 3.63) is 29.8 Å². The van der Waals surface area contributed by atoms with Crippen LogP contribution < -0.4 is 5.73 Å². The van der Waals surface area contributed by atoms with Crippen LogP contribution in [0.4, 0.5) is 0 Å². The lowest BCUT2D eigenvalue weighted by Crippen LogP contribution is -2.16. The third-order valence-electron chi connectivity index (χ3n) is 1.75. The summed E-state index contributed by atoms with van der Waals surface area (Å²) in [4.78, 5) is 11.4. The van der Waals surface area contributed by atoms with E-state index in [2.05, 4.69) is 0 Å². The molecule has 2 unspecified atom stereocenters. The van der Waals surface area contributed by atoms with Gasteiger partial charge in [-0.05, 0) is 28.9 Å². The van der Waals surface area contributed by atoms with Crippen molar-refractivity contribution in [2.45, 2.75) is 10.3 Å². The average Bonchev–Trinajstić information content (AvgIpc) is 2.16. The molecule has 0 saturated carbocycles. The molecule has 2 atom stereocenters.